The van der Waals surface area contributed by atoms with Crippen LogP contribution in [0.3, 0.4) is 0 Å². The number of pyridine rings is 2. The lowest BCUT2D eigenvalue weighted by molar-refractivity contribution is 0.391. The highest BCUT2D eigenvalue weighted by Gasteiger charge is 2.11. The number of thiocarbonyl (C=S) groups is 1. The van der Waals surface area contributed by atoms with Gasteiger partial charge in [-0.1, -0.05) is 18.3 Å². The maximum Gasteiger partial charge on any atom is 0.261 e. The molecular formula is C14H15N3O2S. The van der Waals surface area contributed by atoms with E-state index >= 15 is 0 Å². The highest BCUT2D eigenvalue weighted by Crippen LogP contribution is 2.15. The molecule has 0 aromatic carbocycles. The fraction of sp³-hybridized carbons (Fsp3) is 0.214. The molecule has 0 fully saturated rings. The minimum absolute atomic E-state index is 0.0990. The Hall–Kier alpha value is -2.21. The van der Waals surface area contributed by atoms with E-state index in [2.05, 4.69) is 4.98 Å². The molecule has 0 aliphatic rings. The van der Waals surface area contributed by atoms with Crippen molar-refractivity contribution >= 4 is 17.2 Å². The van der Waals surface area contributed by atoms with Gasteiger partial charge in [-0.25, -0.2) is 4.98 Å². The first kappa shape index (κ1) is 14.2. The van der Waals surface area contributed by atoms with E-state index in [-0.39, 0.29) is 10.5 Å². The van der Waals surface area contributed by atoms with E-state index in [1.807, 2.05) is 19.1 Å². The zero-order chi connectivity index (χ0) is 14.7. The lowest BCUT2D eigenvalue weighted by atomic mass is 10.2. The second kappa shape index (κ2) is 5.83. The third-order valence-corrected chi connectivity index (χ3v) is 3.25. The molecule has 0 aliphatic carbocycles. The van der Waals surface area contributed by atoms with Crippen molar-refractivity contribution in [2.24, 2.45) is 5.73 Å². The maximum atomic E-state index is 12.4. The van der Waals surface area contributed by atoms with E-state index in [4.69, 9.17) is 22.7 Å². The molecule has 2 aromatic heterocycles. The summed E-state index contributed by atoms with van der Waals surface area (Å²) in [5.41, 5.74) is 7.34. The molecule has 0 saturated heterocycles. The number of hydrogen-bond donors (Lipinski definition) is 1. The lowest BCUT2D eigenvalue weighted by Crippen LogP contribution is -2.30. The topological polar surface area (TPSA) is 70.1 Å². The first-order valence-electron chi connectivity index (χ1n) is 6.02. The first-order chi connectivity index (χ1) is 9.54. The van der Waals surface area contributed by atoms with Crippen LogP contribution >= 0.6 is 12.2 Å². The number of rotatable bonds is 4. The summed E-state index contributed by atoms with van der Waals surface area (Å²) < 4.78 is 6.80. The van der Waals surface area contributed by atoms with Gasteiger partial charge in [0.25, 0.3) is 5.56 Å². The number of nitrogens with zero attached hydrogens (tertiary/aromatic N) is 2. The van der Waals surface area contributed by atoms with Crippen LogP contribution in [0, 0.1) is 6.92 Å². The van der Waals surface area contributed by atoms with Crippen LogP contribution in [0.2, 0.25) is 0 Å². The number of ether oxygens (including phenoxy) is 1. The minimum Gasteiger partial charge on any atom is -0.481 e. The van der Waals surface area contributed by atoms with Crippen LogP contribution in [0.5, 0.6) is 5.88 Å². The van der Waals surface area contributed by atoms with Crippen LogP contribution in [-0.2, 0) is 6.54 Å². The SMILES string of the molecule is COc1ncccc1Cn1c(C)ccc(C(N)=S)c1=O. The summed E-state index contributed by atoms with van der Waals surface area (Å²) in [5, 5.41) is 0. The Morgan fingerprint density at radius 2 is 2.20 bits per heavy atom. The minimum atomic E-state index is -0.205. The van der Waals surface area contributed by atoms with E-state index in [0.29, 0.717) is 18.0 Å². The van der Waals surface area contributed by atoms with Gasteiger partial charge in [0.1, 0.15) is 4.99 Å². The van der Waals surface area contributed by atoms with E-state index in [0.717, 1.165) is 11.3 Å². The summed E-state index contributed by atoms with van der Waals surface area (Å²) in [4.78, 5) is 16.6. The summed E-state index contributed by atoms with van der Waals surface area (Å²) >= 11 is 4.89. The fourth-order valence-corrected chi connectivity index (χ4v) is 2.11. The van der Waals surface area contributed by atoms with Gasteiger partial charge in [-0.05, 0) is 25.1 Å². The van der Waals surface area contributed by atoms with Crippen molar-refractivity contribution in [1.29, 1.82) is 0 Å². The van der Waals surface area contributed by atoms with Gasteiger partial charge in [-0.2, -0.15) is 0 Å². The van der Waals surface area contributed by atoms with Crippen molar-refractivity contribution in [1.82, 2.24) is 9.55 Å². The third-order valence-electron chi connectivity index (χ3n) is 3.03. The van der Waals surface area contributed by atoms with E-state index in [1.54, 1.807) is 30.0 Å². The Kier molecular flexibility index (Phi) is 4.14. The number of aromatic nitrogens is 2. The third kappa shape index (κ3) is 2.70. The number of methoxy groups -OCH3 is 1. The molecule has 104 valence electrons. The Bertz CT molecular complexity index is 710. The molecule has 0 bridgehead atoms. The molecule has 2 aromatic rings. The normalized spacial score (nSPS) is 10.3. The van der Waals surface area contributed by atoms with Gasteiger partial charge in [-0.15, -0.1) is 0 Å². The van der Waals surface area contributed by atoms with Gasteiger partial charge in [0.15, 0.2) is 0 Å². The molecular weight excluding hydrogens is 274 g/mol. The summed E-state index contributed by atoms with van der Waals surface area (Å²) in [6, 6.07) is 7.14. The molecule has 0 saturated carbocycles. The van der Waals surface area contributed by atoms with Crippen LogP contribution < -0.4 is 16.0 Å². The second-order valence-corrected chi connectivity index (χ2v) is 4.76. The van der Waals surface area contributed by atoms with Crippen molar-refractivity contribution < 1.29 is 4.74 Å². The monoisotopic (exact) mass is 289 g/mol. The number of hydrogen-bond acceptors (Lipinski definition) is 4. The Morgan fingerprint density at radius 1 is 1.45 bits per heavy atom. The maximum absolute atomic E-state index is 12.4. The Balaban J connectivity index is 2.51. The zero-order valence-corrected chi connectivity index (χ0v) is 12.1. The van der Waals surface area contributed by atoms with Crippen molar-refractivity contribution in [2.75, 3.05) is 7.11 Å². The molecule has 2 N–H and O–H groups in total. The van der Waals surface area contributed by atoms with Crippen LogP contribution in [0.15, 0.2) is 35.3 Å². The average molecular weight is 289 g/mol. The molecule has 2 rings (SSSR count). The molecule has 0 aliphatic heterocycles. The molecule has 5 nitrogen and oxygen atoms in total. The Morgan fingerprint density at radius 3 is 2.85 bits per heavy atom. The highest BCUT2D eigenvalue weighted by atomic mass is 32.1. The quantitative estimate of drug-likeness (QED) is 0.858. The van der Waals surface area contributed by atoms with Crippen molar-refractivity contribution in [3.8, 4) is 5.88 Å². The number of aryl methyl sites for hydroxylation is 1. The highest BCUT2D eigenvalue weighted by molar-refractivity contribution is 7.80. The second-order valence-electron chi connectivity index (χ2n) is 4.32. The molecule has 0 radical (unpaired) electrons. The van der Waals surface area contributed by atoms with Gasteiger partial charge in [0.2, 0.25) is 5.88 Å². The van der Waals surface area contributed by atoms with Gasteiger partial charge in [0, 0.05) is 17.5 Å². The molecule has 0 atom stereocenters. The van der Waals surface area contributed by atoms with Gasteiger partial charge in [-0.3, -0.25) is 4.79 Å². The molecule has 0 amide bonds. The average Bonchev–Trinajstić information content (AvgIpc) is 2.43. The molecule has 0 unspecified atom stereocenters. The van der Waals surface area contributed by atoms with Crippen molar-refractivity contribution in [2.45, 2.75) is 13.5 Å². The summed E-state index contributed by atoms with van der Waals surface area (Å²) in [6.07, 6.45) is 1.64. The van der Waals surface area contributed by atoms with E-state index in [9.17, 15) is 4.79 Å². The van der Waals surface area contributed by atoms with E-state index < -0.39 is 0 Å². The van der Waals surface area contributed by atoms with Crippen LogP contribution in [-0.4, -0.2) is 21.6 Å². The van der Waals surface area contributed by atoms with Crippen molar-refractivity contribution in [3.63, 3.8) is 0 Å². The van der Waals surface area contributed by atoms with Crippen LogP contribution in [0.25, 0.3) is 0 Å². The zero-order valence-electron chi connectivity index (χ0n) is 11.3. The summed E-state index contributed by atoms with van der Waals surface area (Å²) in [6.45, 7) is 2.21. The summed E-state index contributed by atoms with van der Waals surface area (Å²) in [7, 11) is 1.55. The smallest absolute Gasteiger partial charge is 0.261 e. The largest absolute Gasteiger partial charge is 0.481 e. The Labute approximate surface area is 122 Å². The number of nitrogens with two attached hydrogens (primary N) is 1. The first-order valence-corrected chi connectivity index (χ1v) is 6.43. The molecule has 6 heteroatoms. The van der Waals surface area contributed by atoms with Gasteiger partial charge >= 0.3 is 0 Å². The molecule has 2 heterocycles. The van der Waals surface area contributed by atoms with Gasteiger partial charge < -0.3 is 15.0 Å². The predicted molar refractivity (Wildman–Crippen MR) is 81.2 cm³/mol. The van der Waals surface area contributed by atoms with Crippen LogP contribution in [0.1, 0.15) is 16.8 Å². The molecule has 20 heavy (non-hydrogen) atoms. The summed E-state index contributed by atoms with van der Waals surface area (Å²) in [5.74, 6) is 0.500. The van der Waals surface area contributed by atoms with Crippen LogP contribution in [0.4, 0.5) is 0 Å². The predicted octanol–water partition coefficient (Wildman–Crippen LogP) is 1.24. The van der Waals surface area contributed by atoms with E-state index in [1.165, 1.54) is 0 Å². The molecule has 0 spiro atoms. The standard InChI is InChI=1S/C14H15N3O2S/c1-9-5-6-11(12(15)20)14(18)17(9)8-10-4-3-7-16-13(10)19-2/h3-7H,8H2,1-2H3,(H2,15,20). The van der Waals surface area contributed by atoms with Gasteiger partial charge in [0.05, 0.1) is 19.2 Å². The lowest BCUT2D eigenvalue weighted by Gasteiger charge is -2.13. The van der Waals surface area contributed by atoms with Crippen molar-refractivity contribution in [3.05, 3.63) is 57.6 Å². The fourth-order valence-electron chi connectivity index (χ4n) is 1.95.